The van der Waals surface area contributed by atoms with Crippen LogP contribution in [0.2, 0.25) is 0 Å². The number of ether oxygens (including phenoxy) is 2. The fraction of sp³-hybridized carbons (Fsp3) is 0.579. The number of carbonyl (C=O) groups excluding carboxylic acids is 2. The van der Waals surface area contributed by atoms with E-state index in [0.717, 1.165) is 18.4 Å². The van der Waals surface area contributed by atoms with Crippen LogP contribution < -0.4 is 0 Å². The van der Waals surface area contributed by atoms with Crippen LogP contribution in [0, 0.1) is 0 Å². The first-order valence-electron chi connectivity index (χ1n) is 8.51. The molecule has 1 aromatic carbocycles. The highest BCUT2D eigenvalue weighted by molar-refractivity contribution is 5.96. The van der Waals surface area contributed by atoms with E-state index in [1.54, 1.807) is 0 Å². The molecule has 0 aliphatic carbocycles. The van der Waals surface area contributed by atoms with Gasteiger partial charge in [0.25, 0.3) is 0 Å². The maximum atomic E-state index is 11.6. The van der Waals surface area contributed by atoms with E-state index in [4.69, 9.17) is 9.47 Å². The second-order valence-corrected chi connectivity index (χ2v) is 5.68. The lowest BCUT2D eigenvalue weighted by molar-refractivity contribution is -0.147. The van der Waals surface area contributed by atoms with Gasteiger partial charge in [0, 0.05) is 0 Å². The highest BCUT2D eigenvalue weighted by atomic mass is 16.5. The summed E-state index contributed by atoms with van der Waals surface area (Å²) in [5.41, 5.74) is 1.01. The van der Waals surface area contributed by atoms with Gasteiger partial charge < -0.3 is 9.47 Å². The maximum absolute atomic E-state index is 11.6. The molecule has 0 N–H and O–H groups in total. The van der Waals surface area contributed by atoms with Crippen LogP contribution in [0.4, 0.5) is 0 Å². The fourth-order valence-corrected chi connectivity index (χ4v) is 2.19. The van der Waals surface area contributed by atoms with Crippen LogP contribution in [-0.4, -0.2) is 25.0 Å². The molecule has 128 valence electrons. The number of hydrogen-bond acceptors (Lipinski definition) is 4. The van der Waals surface area contributed by atoms with E-state index < -0.39 is 5.97 Å². The minimum atomic E-state index is -0.452. The van der Waals surface area contributed by atoms with Gasteiger partial charge in [0.2, 0.25) is 0 Å². The third-order valence-corrected chi connectivity index (χ3v) is 3.48. The van der Waals surface area contributed by atoms with Crippen LogP contribution in [0.25, 0.3) is 0 Å². The third-order valence-electron chi connectivity index (χ3n) is 3.48. The quantitative estimate of drug-likeness (QED) is 0.312. The summed E-state index contributed by atoms with van der Waals surface area (Å²) in [5, 5.41) is 0. The van der Waals surface area contributed by atoms with Gasteiger partial charge in [0.05, 0.1) is 13.2 Å². The Labute approximate surface area is 139 Å². The lowest BCUT2D eigenvalue weighted by Gasteiger charge is -2.05. The number of unbranched alkanes of at least 4 members (excludes halogenated alkanes) is 5. The standard InChI is InChI=1S/C19H28O4/c1-2-3-4-5-6-10-13-23-19(21)14-18(20)16-22-15-17-11-8-7-9-12-17/h7-9,11-12H,2-6,10,13-16H2,1H3. The predicted octanol–water partition coefficient (Wildman–Crippen LogP) is 4.07. The Morgan fingerprint density at radius 3 is 2.39 bits per heavy atom. The average molecular weight is 320 g/mol. The Kier molecular flexibility index (Phi) is 10.8. The molecule has 0 bridgehead atoms. The topological polar surface area (TPSA) is 52.6 Å². The molecule has 1 rings (SSSR count). The van der Waals surface area contributed by atoms with E-state index in [-0.39, 0.29) is 18.8 Å². The largest absolute Gasteiger partial charge is 0.465 e. The summed E-state index contributed by atoms with van der Waals surface area (Å²) in [6, 6.07) is 9.62. The summed E-state index contributed by atoms with van der Waals surface area (Å²) in [7, 11) is 0. The molecule has 1 aromatic rings. The first kappa shape index (κ1) is 19.4. The Morgan fingerprint density at radius 2 is 1.65 bits per heavy atom. The molecule has 4 heteroatoms. The normalized spacial score (nSPS) is 10.5. The molecule has 0 fully saturated rings. The van der Waals surface area contributed by atoms with Crippen LogP contribution in [0.5, 0.6) is 0 Å². The molecule has 0 heterocycles. The molecule has 0 aliphatic rings. The summed E-state index contributed by atoms with van der Waals surface area (Å²) >= 11 is 0. The Bertz CT molecular complexity index is 442. The monoisotopic (exact) mass is 320 g/mol. The number of esters is 1. The molecule has 0 amide bonds. The molecule has 0 radical (unpaired) electrons. The molecule has 0 atom stereocenters. The number of benzene rings is 1. The van der Waals surface area contributed by atoms with Crippen molar-refractivity contribution in [1.82, 2.24) is 0 Å². The van der Waals surface area contributed by atoms with Crippen molar-refractivity contribution in [3.05, 3.63) is 35.9 Å². The van der Waals surface area contributed by atoms with Crippen LogP contribution in [0.1, 0.15) is 57.4 Å². The summed E-state index contributed by atoms with van der Waals surface area (Å²) in [6.45, 7) is 2.91. The fourth-order valence-electron chi connectivity index (χ4n) is 2.19. The molecular formula is C19H28O4. The zero-order valence-corrected chi connectivity index (χ0v) is 14.1. The van der Waals surface area contributed by atoms with Crippen molar-refractivity contribution in [3.63, 3.8) is 0 Å². The van der Waals surface area contributed by atoms with Gasteiger partial charge in [-0.2, -0.15) is 0 Å². The number of hydrogen-bond donors (Lipinski definition) is 0. The summed E-state index contributed by atoms with van der Waals surface area (Å²) in [4.78, 5) is 23.1. The lowest BCUT2D eigenvalue weighted by atomic mass is 10.1. The smallest absolute Gasteiger partial charge is 0.313 e. The highest BCUT2D eigenvalue weighted by Gasteiger charge is 2.10. The van der Waals surface area contributed by atoms with Crippen LogP contribution in [-0.2, 0) is 25.7 Å². The summed E-state index contributed by atoms with van der Waals surface area (Å²) in [5.74, 6) is -0.694. The van der Waals surface area contributed by atoms with Crippen molar-refractivity contribution < 1.29 is 19.1 Å². The van der Waals surface area contributed by atoms with Gasteiger partial charge in [0.1, 0.15) is 13.0 Å². The zero-order chi connectivity index (χ0) is 16.8. The van der Waals surface area contributed by atoms with Gasteiger partial charge in [-0.15, -0.1) is 0 Å². The molecule has 0 spiro atoms. The van der Waals surface area contributed by atoms with Crippen molar-refractivity contribution in [3.8, 4) is 0 Å². The SMILES string of the molecule is CCCCCCCCOC(=O)CC(=O)COCc1ccccc1. The highest BCUT2D eigenvalue weighted by Crippen LogP contribution is 2.05. The summed E-state index contributed by atoms with van der Waals surface area (Å²) in [6.07, 6.45) is 6.64. The van der Waals surface area contributed by atoms with E-state index in [0.29, 0.717) is 13.2 Å². The van der Waals surface area contributed by atoms with Gasteiger partial charge >= 0.3 is 5.97 Å². The first-order valence-corrected chi connectivity index (χ1v) is 8.51. The van der Waals surface area contributed by atoms with E-state index >= 15 is 0 Å². The van der Waals surface area contributed by atoms with E-state index in [9.17, 15) is 9.59 Å². The zero-order valence-electron chi connectivity index (χ0n) is 14.1. The molecular weight excluding hydrogens is 292 g/mol. The van der Waals surface area contributed by atoms with Gasteiger partial charge in [0.15, 0.2) is 5.78 Å². The van der Waals surface area contributed by atoms with E-state index in [1.807, 2.05) is 30.3 Å². The molecule has 4 nitrogen and oxygen atoms in total. The van der Waals surface area contributed by atoms with Gasteiger partial charge in [-0.25, -0.2) is 0 Å². The molecule has 23 heavy (non-hydrogen) atoms. The average Bonchev–Trinajstić information content (AvgIpc) is 2.55. The van der Waals surface area contributed by atoms with Crippen molar-refractivity contribution in [2.24, 2.45) is 0 Å². The van der Waals surface area contributed by atoms with Crippen molar-refractivity contribution in [1.29, 1.82) is 0 Å². The second-order valence-electron chi connectivity index (χ2n) is 5.68. The molecule has 0 saturated carbocycles. The number of carbonyl (C=O) groups is 2. The van der Waals surface area contributed by atoms with Gasteiger partial charge in [-0.3, -0.25) is 9.59 Å². The van der Waals surface area contributed by atoms with E-state index in [2.05, 4.69) is 6.92 Å². The summed E-state index contributed by atoms with van der Waals surface area (Å²) < 4.78 is 10.4. The molecule has 0 saturated heterocycles. The number of rotatable bonds is 13. The molecule has 0 aromatic heterocycles. The van der Waals surface area contributed by atoms with Crippen molar-refractivity contribution >= 4 is 11.8 Å². The molecule has 0 aliphatic heterocycles. The maximum Gasteiger partial charge on any atom is 0.313 e. The predicted molar refractivity (Wildman–Crippen MR) is 90.1 cm³/mol. The number of Topliss-reactive ketones (excluding diaryl/α,β-unsaturated/α-hetero) is 1. The minimum absolute atomic E-state index is 0.0546. The minimum Gasteiger partial charge on any atom is -0.465 e. The van der Waals surface area contributed by atoms with Gasteiger partial charge in [-0.05, 0) is 12.0 Å². The lowest BCUT2D eigenvalue weighted by Crippen LogP contribution is -2.16. The Morgan fingerprint density at radius 1 is 0.957 bits per heavy atom. The van der Waals surface area contributed by atoms with Crippen LogP contribution in [0.15, 0.2) is 30.3 Å². The van der Waals surface area contributed by atoms with Crippen molar-refractivity contribution in [2.75, 3.05) is 13.2 Å². The van der Waals surface area contributed by atoms with Gasteiger partial charge in [-0.1, -0.05) is 69.4 Å². The van der Waals surface area contributed by atoms with Crippen molar-refractivity contribution in [2.45, 2.75) is 58.5 Å². The Hall–Kier alpha value is -1.68. The first-order chi connectivity index (χ1) is 11.2. The Balaban J connectivity index is 1.99. The third kappa shape index (κ3) is 10.6. The van der Waals surface area contributed by atoms with Crippen LogP contribution in [0.3, 0.4) is 0 Å². The van der Waals surface area contributed by atoms with Crippen LogP contribution >= 0.6 is 0 Å². The molecule has 0 unspecified atom stereocenters. The number of ketones is 1. The second kappa shape index (κ2) is 12.8. The van der Waals surface area contributed by atoms with E-state index in [1.165, 1.54) is 25.7 Å².